The quantitative estimate of drug-likeness (QED) is 0.673. The molecule has 7 heteroatoms. The van der Waals surface area contributed by atoms with E-state index in [1.54, 1.807) is 6.07 Å². The molecule has 0 fully saturated rings. The molecule has 1 unspecified atom stereocenters. The van der Waals surface area contributed by atoms with E-state index in [0.29, 0.717) is 5.56 Å². The summed E-state index contributed by atoms with van der Waals surface area (Å²) in [5.41, 5.74) is 2.47. The van der Waals surface area contributed by atoms with E-state index in [2.05, 4.69) is 4.72 Å². The molecule has 120 valence electrons. The van der Waals surface area contributed by atoms with Crippen LogP contribution in [0.3, 0.4) is 0 Å². The minimum atomic E-state index is -3.58. The Morgan fingerprint density at radius 3 is 2.74 bits per heavy atom. The second kappa shape index (κ2) is 6.10. The van der Waals surface area contributed by atoms with Gasteiger partial charge in [-0.25, -0.2) is 13.1 Å². The summed E-state index contributed by atoms with van der Waals surface area (Å²) in [4.78, 5) is 10.2. The first-order chi connectivity index (χ1) is 10.9. The molecule has 2 aromatic rings. The first-order valence-corrected chi connectivity index (χ1v) is 8.91. The Kier molecular flexibility index (Phi) is 4.14. The minimum Gasteiger partial charge on any atom is -0.258 e. The SMILES string of the molecule is O=[N+]([O-])c1cccc(CS(=O)(=O)NC2CCc3ccccc32)c1. The number of hydrogen-bond acceptors (Lipinski definition) is 4. The average molecular weight is 332 g/mol. The molecule has 0 spiro atoms. The molecule has 1 N–H and O–H groups in total. The fourth-order valence-corrected chi connectivity index (χ4v) is 4.30. The van der Waals surface area contributed by atoms with E-state index in [4.69, 9.17) is 0 Å². The van der Waals surface area contributed by atoms with Crippen molar-refractivity contribution in [3.63, 3.8) is 0 Å². The molecule has 6 nitrogen and oxygen atoms in total. The van der Waals surface area contributed by atoms with Crippen LogP contribution in [0.1, 0.15) is 29.2 Å². The summed E-state index contributed by atoms with van der Waals surface area (Å²) in [7, 11) is -3.58. The smallest absolute Gasteiger partial charge is 0.258 e. The Morgan fingerprint density at radius 1 is 1.17 bits per heavy atom. The third kappa shape index (κ3) is 3.57. The molecule has 1 aliphatic rings. The molecule has 0 radical (unpaired) electrons. The highest BCUT2D eigenvalue weighted by molar-refractivity contribution is 7.88. The number of sulfonamides is 1. The van der Waals surface area contributed by atoms with Gasteiger partial charge in [0.05, 0.1) is 10.7 Å². The van der Waals surface area contributed by atoms with Crippen molar-refractivity contribution in [1.29, 1.82) is 0 Å². The van der Waals surface area contributed by atoms with Crippen molar-refractivity contribution in [3.8, 4) is 0 Å². The lowest BCUT2D eigenvalue weighted by Gasteiger charge is -2.14. The van der Waals surface area contributed by atoms with Crippen LogP contribution in [0.5, 0.6) is 0 Å². The van der Waals surface area contributed by atoms with Gasteiger partial charge >= 0.3 is 0 Å². The van der Waals surface area contributed by atoms with E-state index in [1.165, 1.54) is 18.2 Å². The zero-order chi connectivity index (χ0) is 16.4. The molecular weight excluding hydrogens is 316 g/mol. The van der Waals surface area contributed by atoms with Crippen molar-refractivity contribution in [2.24, 2.45) is 0 Å². The molecule has 1 aliphatic carbocycles. The zero-order valence-electron chi connectivity index (χ0n) is 12.3. The van der Waals surface area contributed by atoms with Crippen LogP contribution in [0.15, 0.2) is 48.5 Å². The summed E-state index contributed by atoms with van der Waals surface area (Å²) in [6.45, 7) is 0. The first kappa shape index (κ1) is 15.6. The van der Waals surface area contributed by atoms with E-state index < -0.39 is 14.9 Å². The summed E-state index contributed by atoms with van der Waals surface area (Å²) < 4.78 is 27.4. The van der Waals surface area contributed by atoms with Crippen molar-refractivity contribution < 1.29 is 13.3 Å². The molecular formula is C16H16N2O4S. The highest BCUT2D eigenvalue weighted by Crippen LogP contribution is 2.31. The van der Waals surface area contributed by atoms with E-state index >= 15 is 0 Å². The molecule has 3 rings (SSSR count). The van der Waals surface area contributed by atoms with E-state index in [0.717, 1.165) is 24.0 Å². The number of nitro groups is 1. The van der Waals surface area contributed by atoms with Gasteiger partial charge in [-0.05, 0) is 29.5 Å². The van der Waals surface area contributed by atoms with E-state index in [9.17, 15) is 18.5 Å². The minimum absolute atomic E-state index is 0.107. The Bertz CT molecular complexity index is 849. The number of non-ortho nitro benzene ring substituents is 1. The largest absolute Gasteiger partial charge is 0.269 e. The highest BCUT2D eigenvalue weighted by atomic mass is 32.2. The Morgan fingerprint density at radius 2 is 1.96 bits per heavy atom. The van der Waals surface area contributed by atoms with Gasteiger partial charge in [-0.15, -0.1) is 0 Å². The Hall–Kier alpha value is -2.25. The molecule has 0 amide bonds. The van der Waals surface area contributed by atoms with Gasteiger partial charge in [-0.2, -0.15) is 0 Å². The average Bonchev–Trinajstić information content (AvgIpc) is 2.90. The highest BCUT2D eigenvalue weighted by Gasteiger charge is 2.26. The molecule has 0 aliphatic heterocycles. The standard InChI is InChI=1S/C16H16N2O4S/c19-18(20)14-6-3-4-12(10-14)11-23(21,22)17-16-9-8-13-5-1-2-7-15(13)16/h1-7,10,16-17H,8-9,11H2. The van der Waals surface area contributed by atoms with Gasteiger partial charge in [-0.1, -0.05) is 36.4 Å². The van der Waals surface area contributed by atoms with Crippen molar-refractivity contribution in [2.75, 3.05) is 0 Å². The summed E-state index contributed by atoms with van der Waals surface area (Å²) >= 11 is 0. The number of aryl methyl sites for hydroxylation is 1. The Labute approximate surface area is 134 Å². The number of benzene rings is 2. The van der Waals surface area contributed by atoms with Crippen LogP contribution >= 0.6 is 0 Å². The molecule has 0 saturated carbocycles. The van der Waals surface area contributed by atoms with Crippen molar-refractivity contribution in [2.45, 2.75) is 24.6 Å². The number of hydrogen-bond donors (Lipinski definition) is 1. The van der Waals surface area contributed by atoms with Gasteiger partial charge in [-0.3, -0.25) is 10.1 Å². The van der Waals surface area contributed by atoms with E-state index in [-0.39, 0.29) is 17.5 Å². The predicted molar refractivity (Wildman–Crippen MR) is 86.4 cm³/mol. The lowest BCUT2D eigenvalue weighted by molar-refractivity contribution is -0.384. The van der Waals surface area contributed by atoms with Gasteiger partial charge in [0, 0.05) is 18.2 Å². The maximum Gasteiger partial charge on any atom is 0.269 e. The normalized spacial score (nSPS) is 17.0. The first-order valence-electron chi connectivity index (χ1n) is 7.26. The predicted octanol–water partition coefficient (Wildman–Crippen LogP) is 2.70. The third-order valence-corrected chi connectivity index (χ3v) is 5.29. The lowest BCUT2D eigenvalue weighted by atomic mass is 10.1. The summed E-state index contributed by atoms with van der Waals surface area (Å²) in [5, 5.41) is 10.8. The molecule has 0 saturated heterocycles. The number of fused-ring (bicyclic) bond motifs is 1. The zero-order valence-corrected chi connectivity index (χ0v) is 13.1. The summed E-state index contributed by atoms with van der Waals surface area (Å²) in [6.07, 6.45) is 1.58. The fourth-order valence-electron chi connectivity index (χ4n) is 2.92. The van der Waals surface area contributed by atoms with Gasteiger partial charge in [0.15, 0.2) is 0 Å². The number of nitro benzene ring substituents is 1. The van der Waals surface area contributed by atoms with Crippen LogP contribution in [-0.2, 0) is 22.2 Å². The van der Waals surface area contributed by atoms with Crippen LogP contribution in [0, 0.1) is 10.1 Å². The monoisotopic (exact) mass is 332 g/mol. The number of rotatable bonds is 5. The molecule has 1 atom stereocenters. The van der Waals surface area contributed by atoms with Gasteiger partial charge in [0.1, 0.15) is 0 Å². The van der Waals surface area contributed by atoms with Crippen LogP contribution in [-0.4, -0.2) is 13.3 Å². The van der Waals surface area contributed by atoms with Gasteiger partial charge < -0.3 is 0 Å². The third-order valence-electron chi connectivity index (χ3n) is 3.93. The summed E-state index contributed by atoms with van der Waals surface area (Å²) in [5.74, 6) is -0.270. The van der Waals surface area contributed by atoms with Crippen molar-refractivity contribution in [3.05, 3.63) is 75.3 Å². The number of nitrogens with zero attached hydrogens (tertiary/aromatic N) is 1. The lowest BCUT2D eigenvalue weighted by Crippen LogP contribution is -2.28. The molecule has 0 heterocycles. The molecule has 23 heavy (non-hydrogen) atoms. The van der Waals surface area contributed by atoms with Crippen LogP contribution in [0.4, 0.5) is 5.69 Å². The second-order valence-electron chi connectivity index (χ2n) is 5.59. The van der Waals surface area contributed by atoms with Gasteiger partial charge in [0.2, 0.25) is 10.0 Å². The van der Waals surface area contributed by atoms with Crippen molar-refractivity contribution in [1.82, 2.24) is 4.72 Å². The molecule has 2 aromatic carbocycles. The van der Waals surface area contributed by atoms with Crippen LogP contribution in [0.25, 0.3) is 0 Å². The van der Waals surface area contributed by atoms with Gasteiger partial charge in [0.25, 0.3) is 5.69 Å². The topological polar surface area (TPSA) is 89.3 Å². The molecule has 0 aromatic heterocycles. The van der Waals surface area contributed by atoms with E-state index in [1.807, 2.05) is 24.3 Å². The Balaban J connectivity index is 1.76. The fraction of sp³-hybridized carbons (Fsp3) is 0.250. The second-order valence-corrected chi connectivity index (χ2v) is 7.35. The maximum atomic E-state index is 12.4. The molecule has 0 bridgehead atoms. The van der Waals surface area contributed by atoms with Crippen molar-refractivity contribution >= 4 is 15.7 Å². The van der Waals surface area contributed by atoms with Crippen LogP contribution < -0.4 is 4.72 Å². The van der Waals surface area contributed by atoms with Crippen LogP contribution in [0.2, 0.25) is 0 Å². The summed E-state index contributed by atoms with van der Waals surface area (Å²) in [6, 6.07) is 13.3. The number of nitrogens with one attached hydrogen (secondary N) is 1. The maximum absolute atomic E-state index is 12.4.